The Morgan fingerprint density at radius 3 is 2.68 bits per heavy atom. The number of aromatic amines is 1. The van der Waals surface area contributed by atoms with E-state index in [-0.39, 0.29) is 23.4 Å². The molecular weight excluding hydrogens is 356 g/mol. The van der Waals surface area contributed by atoms with Crippen molar-refractivity contribution in [3.63, 3.8) is 0 Å². The Balaban J connectivity index is 1.80. The Hall–Kier alpha value is -3.87. The third-order valence-corrected chi connectivity index (χ3v) is 3.74. The minimum Gasteiger partial charge on any atom is -0.476 e. The SMILES string of the molecule is C=CC=N/C(Oc1ccc(C(=O)c2nc3ccccc3[nH]2)cc1)=C(\N)OCC. The summed E-state index contributed by atoms with van der Waals surface area (Å²) in [6.07, 6.45) is 2.94. The van der Waals surface area contributed by atoms with Crippen LogP contribution in [0.15, 0.2) is 77.9 Å². The number of hydrogen-bond acceptors (Lipinski definition) is 6. The number of fused-ring (bicyclic) bond motifs is 1. The first-order chi connectivity index (χ1) is 13.6. The molecule has 0 aliphatic heterocycles. The highest BCUT2D eigenvalue weighted by Crippen LogP contribution is 2.19. The van der Waals surface area contributed by atoms with Gasteiger partial charge in [0.05, 0.1) is 17.6 Å². The number of carbonyl (C=O) groups excluding carboxylic acids is 1. The number of nitrogens with one attached hydrogen (secondary N) is 1. The minimum atomic E-state index is -0.211. The van der Waals surface area contributed by atoms with E-state index in [0.29, 0.717) is 17.9 Å². The number of allylic oxidation sites excluding steroid dienone is 1. The molecule has 7 heteroatoms. The lowest BCUT2D eigenvalue weighted by molar-refractivity contribution is 0.103. The van der Waals surface area contributed by atoms with Crippen LogP contribution < -0.4 is 10.5 Å². The number of para-hydroxylation sites is 2. The summed E-state index contributed by atoms with van der Waals surface area (Å²) in [5.41, 5.74) is 7.86. The van der Waals surface area contributed by atoms with Gasteiger partial charge in [-0.05, 0) is 43.3 Å². The van der Waals surface area contributed by atoms with Gasteiger partial charge in [-0.1, -0.05) is 24.8 Å². The zero-order chi connectivity index (χ0) is 19.9. The number of H-pyrrole nitrogens is 1. The van der Waals surface area contributed by atoms with E-state index in [9.17, 15) is 4.79 Å². The molecule has 3 aromatic rings. The molecule has 1 heterocycles. The van der Waals surface area contributed by atoms with Crippen LogP contribution in [0.2, 0.25) is 0 Å². The second-order valence-electron chi connectivity index (χ2n) is 5.67. The molecule has 3 N–H and O–H groups in total. The number of carbonyl (C=O) groups is 1. The van der Waals surface area contributed by atoms with Crippen molar-refractivity contribution in [1.82, 2.24) is 9.97 Å². The fraction of sp³-hybridized carbons (Fsp3) is 0.0952. The van der Waals surface area contributed by atoms with Gasteiger partial charge in [0.15, 0.2) is 5.82 Å². The van der Waals surface area contributed by atoms with E-state index in [1.807, 2.05) is 24.3 Å². The Bertz CT molecular complexity index is 1020. The van der Waals surface area contributed by atoms with E-state index in [0.717, 1.165) is 11.0 Å². The number of imidazole rings is 1. The van der Waals surface area contributed by atoms with Gasteiger partial charge < -0.3 is 20.2 Å². The molecular formula is C21H20N4O3. The molecule has 142 valence electrons. The number of nitrogens with zero attached hydrogens (tertiary/aromatic N) is 2. The summed E-state index contributed by atoms with van der Waals surface area (Å²) in [4.78, 5) is 24.1. The second-order valence-corrected chi connectivity index (χ2v) is 5.67. The van der Waals surface area contributed by atoms with E-state index in [2.05, 4.69) is 21.5 Å². The largest absolute Gasteiger partial charge is 0.476 e. The molecule has 28 heavy (non-hydrogen) atoms. The zero-order valence-electron chi connectivity index (χ0n) is 15.4. The molecule has 0 aliphatic carbocycles. The lowest BCUT2D eigenvalue weighted by Crippen LogP contribution is -2.10. The predicted molar refractivity (Wildman–Crippen MR) is 108 cm³/mol. The smallest absolute Gasteiger partial charge is 0.280 e. The van der Waals surface area contributed by atoms with Crippen molar-refractivity contribution in [2.24, 2.45) is 10.7 Å². The van der Waals surface area contributed by atoms with E-state index in [1.165, 1.54) is 12.3 Å². The van der Waals surface area contributed by atoms with Gasteiger partial charge in [0, 0.05) is 11.8 Å². The van der Waals surface area contributed by atoms with Crippen molar-refractivity contribution in [2.75, 3.05) is 6.61 Å². The molecule has 0 aliphatic rings. The van der Waals surface area contributed by atoms with Crippen molar-refractivity contribution in [1.29, 1.82) is 0 Å². The topological polar surface area (TPSA) is 103 Å². The van der Waals surface area contributed by atoms with Crippen LogP contribution >= 0.6 is 0 Å². The fourth-order valence-corrected chi connectivity index (χ4v) is 2.46. The van der Waals surface area contributed by atoms with Gasteiger partial charge in [0.25, 0.3) is 5.88 Å². The number of benzene rings is 2. The summed E-state index contributed by atoms with van der Waals surface area (Å²) >= 11 is 0. The fourth-order valence-electron chi connectivity index (χ4n) is 2.46. The summed E-state index contributed by atoms with van der Waals surface area (Å²) in [7, 11) is 0. The Morgan fingerprint density at radius 2 is 2.00 bits per heavy atom. The number of nitrogens with two attached hydrogens (primary N) is 1. The van der Waals surface area contributed by atoms with Crippen molar-refractivity contribution >= 4 is 23.0 Å². The normalized spacial score (nSPS) is 12.0. The molecule has 0 saturated heterocycles. The maximum atomic E-state index is 12.7. The number of rotatable bonds is 8. The van der Waals surface area contributed by atoms with Gasteiger partial charge >= 0.3 is 0 Å². The van der Waals surface area contributed by atoms with Crippen molar-refractivity contribution < 1.29 is 14.3 Å². The minimum absolute atomic E-state index is 0.0584. The van der Waals surface area contributed by atoms with Crippen molar-refractivity contribution in [3.05, 3.63) is 84.3 Å². The number of hydrogen-bond donors (Lipinski definition) is 2. The summed E-state index contributed by atoms with van der Waals surface area (Å²) in [5, 5.41) is 0. The lowest BCUT2D eigenvalue weighted by atomic mass is 10.1. The van der Waals surface area contributed by atoms with Gasteiger partial charge in [-0.25, -0.2) is 9.98 Å². The summed E-state index contributed by atoms with van der Waals surface area (Å²) < 4.78 is 10.9. The average molecular weight is 376 g/mol. The van der Waals surface area contributed by atoms with Crippen LogP contribution in [0.25, 0.3) is 11.0 Å². The van der Waals surface area contributed by atoms with Gasteiger partial charge in [-0.2, -0.15) is 0 Å². The van der Waals surface area contributed by atoms with E-state index in [4.69, 9.17) is 15.2 Å². The molecule has 0 fully saturated rings. The summed E-state index contributed by atoms with van der Waals surface area (Å²) in [6.45, 7) is 5.75. The number of aliphatic imine (C=N–C) groups is 1. The van der Waals surface area contributed by atoms with E-state index in [1.54, 1.807) is 31.2 Å². The van der Waals surface area contributed by atoms with Gasteiger partial charge in [0.2, 0.25) is 11.7 Å². The summed E-state index contributed by atoms with van der Waals surface area (Å²) in [5.74, 6) is 0.699. The first-order valence-corrected chi connectivity index (χ1v) is 8.67. The van der Waals surface area contributed by atoms with Crippen LogP contribution in [-0.4, -0.2) is 28.6 Å². The van der Waals surface area contributed by atoms with Gasteiger partial charge in [-0.15, -0.1) is 0 Å². The quantitative estimate of drug-likeness (QED) is 0.355. The molecule has 2 aromatic carbocycles. The van der Waals surface area contributed by atoms with Crippen LogP contribution in [0.5, 0.6) is 5.75 Å². The first kappa shape index (κ1) is 18.9. The number of ketones is 1. The highest BCUT2D eigenvalue weighted by molar-refractivity contribution is 6.08. The molecule has 0 radical (unpaired) electrons. The Morgan fingerprint density at radius 1 is 1.25 bits per heavy atom. The predicted octanol–water partition coefficient (Wildman–Crippen LogP) is 3.55. The highest BCUT2D eigenvalue weighted by Gasteiger charge is 2.14. The molecule has 1 aromatic heterocycles. The van der Waals surface area contributed by atoms with Gasteiger partial charge in [-0.3, -0.25) is 4.79 Å². The monoisotopic (exact) mass is 376 g/mol. The van der Waals surface area contributed by atoms with Crippen LogP contribution in [0.1, 0.15) is 23.1 Å². The molecule has 0 bridgehead atoms. The molecule has 7 nitrogen and oxygen atoms in total. The van der Waals surface area contributed by atoms with E-state index >= 15 is 0 Å². The van der Waals surface area contributed by atoms with Crippen LogP contribution in [0.3, 0.4) is 0 Å². The molecule has 3 rings (SSSR count). The third kappa shape index (κ3) is 4.27. The molecule has 0 spiro atoms. The third-order valence-electron chi connectivity index (χ3n) is 3.74. The van der Waals surface area contributed by atoms with Crippen LogP contribution in [0.4, 0.5) is 0 Å². The standard InChI is InChI=1S/C21H20N4O3/c1-3-13-23-21(19(22)27-4-2)28-15-11-9-14(10-12-15)18(26)20-24-16-7-5-6-8-17(16)25-20/h3,5-13H,1,4,22H2,2H3,(H,24,25)/b21-19-,23-13?. The maximum Gasteiger partial charge on any atom is 0.280 e. The van der Waals surface area contributed by atoms with Crippen LogP contribution in [0, 0.1) is 0 Å². The second kappa shape index (κ2) is 8.68. The highest BCUT2D eigenvalue weighted by atomic mass is 16.5. The Kier molecular flexibility index (Phi) is 5.86. The molecule has 0 amide bonds. The molecule has 0 saturated carbocycles. The van der Waals surface area contributed by atoms with Gasteiger partial charge in [0.1, 0.15) is 5.75 Å². The van der Waals surface area contributed by atoms with Crippen molar-refractivity contribution in [3.8, 4) is 5.75 Å². The van der Waals surface area contributed by atoms with Crippen LogP contribution in [-0.2, 0) is 4.74 Å². The lowest BCUT2D eigenvalue weighted by Gasteiger charge is -2.10. The molecule has 0 atom stereocenters. The number of ether oxygens (including phenoxy) is 2. The first-order valence-electron chi connectivity index (χ1n) is 8.67. The maximum absolute atomic E-state index is 12.7. The average Bonchev–Trinajstić information content (AvgIpc) is 3.15. The number of aromatic nitrogens is 2. The Labute approximate surface area is 162 Å². The molecule has 0 unspecified atom stereocenters. The van der Waals surface area contributed by atoms with Crippen molar-refractivity contribution in [2.45, 2.75) is 6.92 Å². The summed E-state index contributed by atoms with van der Waals surface area (Å²) in [6, 6.07) is 14.1. The van der Waals surface area contributed by atoms with E-state index < -0.39 is 0 Å². The zero-order valence-corrected chi connectivity index (χ0v) is 15.4.